The predicted octanol–water partition coefficient (Wildman–Crippen LogP) is 3.29. The summed E-state index contributed by atoms with van der Waals surface area (Å²) >= 11 is 0. The van der Waals surface area contributed by atoms with Gasteiger partial charge in [-0.25, -0.2) is 0 Å². The minimum Gasteiger partial charge on any atom is -0.378 e. The first-order chi connectivity index (χ1) is 14.0. The first kappa shape index (κ1) is 19.9. The van der Waals surface area contributed by atoms with Crippen LogP contribution in [-0.2, 0) is 16.1 Å². The molecule has 0 bridgehead atoms. The highest BCUT2D eigenvalue weighted by Crippen LogP contribution is 2.27. The highest BCUT2D eigenvalue weighted by atomic mass is 16.5. The number of benzene rings is 2. The van der Waals surface area contributed by atoms with E-state index >= 15 is 0 Å². The summed E-state index contributed by atoms with van der Waals surface area (Å²) < 4.78 is 5.45. The summed E-state index contributed by atoms with van der Waals surface area (Å²) in [6.07, 6.45) is 0.995. The summed E-state index contributed by atoms with van der Waals surface area (Å²) in [6, 6.07) is 17.7. The number of hydrogen-bond acceptors (Lipinski definition) is 4. The van der Waals surface area contributed by atoms with Crippen molar-refractivity contribution in [2.75, 3.05) is 44.3 Å². The summed E-state index contributed by atoms with van der Waals surface area (Å²) in [6.45, 7) is 10.1. The monoisotopic (exact) mass is 393 g/mol. The van der Waals surface area contributed by atoms with Crippen LogP contribution in [-0.4, -0.2) is 55.7 Å². The number of ether oxygens (including phenoxy) is 1. The largest absolute Gasteiger partial charge is 0.378 e. The summed E-state index contributed by atoms with van der Waals surface area (Å²) in [4.78, 5) is 16.3. The molecule has 5 heteroatoms. The lowest BCUT2D eigenvalue weighted by Gasteiger charge is -2.29. The van der Waals surface area contributed by atoms with Crippen LogP contribution in [0.5, 0.6) is 0 Å². The fraction of sp³-hybridized carbons (Fsp3) is 0.458. The van der Waals surface area contributed by atoms with Gasteiger partial charge in [-0.2, -0.15) is 0 Å². The number of rotatable bonds is 5. The highest BCUT2D eigenvalue weighted by molar-refractivity contribution is 5.73. The minimum atomic E-state index is -0.112. The first-order valence-corrected chi connectivity index (χ1v) is 10.5. The quantitative estimate of drug-likeness (QED) is 0.847. The molecule has 0 saturated carbocycles. The van der Waals surface area contributed by atoms with Crippen molar-refractivity contribution in [3.63, 3.8) is 0 Å². The van der Waals surface area contributed by atoms with Gasteiger partial charge in [-0.1, -0.05) is 30.3 Å². The first-order valence-electron chi connectivity index (χ1n) is 10.5. The van der Waals surface area contributed by atoms with Crippen molar-refractivity contribution in [1.82, 2.24) is 10.2 Å². The van der Waals surface area contributed by atoms with E-state index in [1.807, 2.05) is 0 Å². The van der Waals surface area contributed by atoms with E-state index in [1.54, 1.807) is 6.92 Å². The third-order valence-corrected chi connectivity index (χ3v) is 5.94. The van der Waals surface area contributed by atoms with Crippen LogP contribution in [0.25, 0.3) is 11.1 Å². The molecule has 2 aromatic rings. The lowest BCUT2D eigenvalue weighted by atomic mass is 10.0. The molecule has 1 unspecified atom stereocenters. The number of nitrogens with zero attached hydrogens (tertiary/aromatic N) is 2. The van der Waals surface area contributed by atoms with E-state index in [1.165, 1.54) is 22.4 Å². The second-order valence-corrected chi connectivity index (χ2v) is 8.55. The molecule has 2 aliphatic rings. The fourth-order valence-electron chi connectivity index (χ4n) is 4.51. The lowest BCUT2D eigenvalue weighted by Crippen LogP contribution is -2.46. The van der Waals surface area contributed by atoms with E-state index in [2.05, 4.69) is 70.6 Å². The van der Waals surface area contributed by atoms with Crippen LogP contribution in [0, 0.1) is 0 Å². The molecule has 2 aromatic carbocycles. The normalized spacial score (nSPS) is 22.6. The van der Waals surface area contributed by atoms with Gasteiger partial charge in [0.1, 0.15) is 0 Å². The van der Waals surface area contributed by atoms with E-state index in [9.17, 15) is 4.79 Å². The molecule has 0 aliphatic carbocycles. The van der Waals surface area contributed by atoms with Crippen LogP contribution in [0.2, 0.25) is 0 Å². The molecule has 1 N–H and O–H groups in total. The molecule has 29 heavy (non-hydrogen) atoms. The number of carbonyl (C=O) groups excluding carboxylic acids is 1. The number of hydrogen-bond donors (Lipinski definition) is 1. The van der Waals surface area contributed by atoms with Crippen molar-refractivity contribution in [2.24, 2.45) is 0 Å². The van der Waals surface area contributed by atoms with Crippen molar-refractivity contribution in [3.8, 4) is 11.1 Å². The molecule has 5 nitrogen and oxygen atoms in total. The Bertz CT molecular complexity index is 845. The van der Waals surface area contributed by atoms with Gasteiger partial charge >= 0.3 is 0 Å². The van der Waals surface area contributed by atoms with Gasteiger partial charge in [0.2, 0.25) is 5.91 Å². The smallest absolute Gasteiger partial charge is 0.217 e. The number of nitrogens with one attached hydrogen (secondary N) is 1. The fourth-order valence-corrected chi connectivity index (χ4v) is 4.51. The molecule has 0 spiro atoms. The van der Waals surface area contributed by atoms with Crippen LogP contribution < -0.4 is 10.2 Å². The number of morpholine rings is 1. The second kappa shape index (κ2) is 8.56. The standard InChI is InChI=1S/C24H31N3O2/c1-19(28)25-24(2)10-11-26(18-24)17-20-4-3-5-22(16-20)21-6-8-23(9-7-21)27-12-14-29-15-13-27/h3-9,16H,10-15,17-18H2,1-2H3,(H,25,28). The third kappa shape index (κ3) is 4.98. The molecule has 2 saturated heterocycles. The Kier molecular flexibility index (Phi) is 5.88. The van der Waals surface area contributed by atoms with E-state index in [-0.39, 0.29) is 11.4 Å². The summed E-state index contributed by atoms with van der Waals surface area (Å²) in [5, 5.41) is 3.11. The number of carbonyl (C=O) groups is 1. The van der Waals surface area contributed by atoms with E-state index in [4.69, 9.17) is 4.74 Å². The van der Waals surface area contributed by atoms with Crippen molar-refractivity contribution >= 4 is 11.6 Å². The Labute approximate surface area is 173 Å². The molecular formula is C24H31N3O2. The van der Waals surface area contributed by atoms with Gasteiger partial charge in [0.15, 0.2) is 0 Å². The molecule has 154 valence electrons. The zero-order valence-corrected chi connectivity index (χ0v) is 17.5. The number of anilines is 1. The van der Waals surface area contributed by atoms with Crippen LogP contribution in [0.1, 0.15) is 25.8 Å². The molecule has 2 heterocycles. The maximum absolute atomic E-state index is 11.5. The van der Waals surface area contributed by atoms with E-state index in [0.29, 0.717) is 0 Å². The summed E-state index contributed by atoms with van der Waals surface area (Å²) in [5.74, 6) is 0.0527. The van der Waals surface area contributed by atoms with E-state index in [0.717, 1.165) is 52.4 Å². The Hall–Kier alpha value is -2.37. The average molecular weight is 394 g/mol. The van der Waals surface area contributed by atoms with Gasteiger partial charge in [0.25, 0.3) is 0 Å². The molecule has 2 aliphatic heterocycles. The third-order valence-electron chi connectivity index (χ3n) is 5.94. The topological polar surface area (TPSA) is 44.8 Å². The second-order valence-electron chi connectivity index (χ2n) is 8.55. The minimum absolute atomic E-state index is 0.0527. The van der Waals surface area contributed by atoms with Gasteiger partial charge in [-0.3, -0.25) is 9.69 Å². The van der Waals surface area contributed by atoms with Crippen LogP contribution in [0.3, 0.4) is 0 Å². The van der Waals surface area contributed by atoms with Crippen molar-refractivity contribution in [2.45, 2.75) is 32.4 Å². The summed E-state index contributed by atoms with van der Waals surface area (Å²) in [5.41, 5.74) is 4.96. The van der Waals surface area contributed by atoms with Crippen molar-refractivity contribution < 1.29 is 9.53 Å². The predicted molar refractivity (Wildman–Crippen MR) is 117 cm³/mol. The van der Waals surface area contributed by atoms with Gasteiger partial charge in [-0.05, 0) is 48.2 Å². The molecule has 1 atom stereocenters. The Morgan fingerprint density at radius 1 is 1.07 bits per heavy atom. The van der Waals surface area contributed by atoms with Crippen LogP contribution >= 0.6 is 0 Å². The van der Waals surface area contributed by atoms with Crippen molar-refractivity contribution in [3.05, 3.63) is 54.1 Å². The van der Waals surface area contributed by atoms with Crippen molar-refractivity contribution in [1.29, 1.82) is 0 Å². The molecule has 0 radical (unpaired) electrons. The number of likely N-dealkylation sites (tertiary alicyclic amines) is 1. The van der Waals surface area contributed by atoms with Gasteiger partial charge in [-0.15, -0.1) is 0 Å². The van der Waals surface area contributed by atoms with Gasteiger partial charge in [0.05, 0.1) is 18.8 Å². The zero-order chi connectivity index (χ0) is 20.3. The van der Waals surface area contributed by atoms with Crippen LogP contribution in [0.15, 0.2) is 48.5 Å². The van der Waals surface area contributed by atoms with Gasteiger partial charge in [0, 0.05) is 45.3 Å². The molecular weight excluding hydrogens is 362 g/mol. The Balaban J connectivity index is 1.42. The maximum Gasteiger partial charge on any atom is 0.217 e. The highest BCUT2D eigenvalue weighted by Gasteiger charge is 2.34. The zero-order valence-electron chi connectivity index (χ0n) is 17.5. The Morgan fingerprint density at radius 3 is 2.55 bits per heavy atom. The van der Waals surface area contributed by atoms with Gasteiger partial charge < -0.3 is 15.0 Å². The van der Waals surface area contributed by atoms with E-state index < -0.39 is 0 Å². The lowest BCUT2D eigenvalue weighted by molar-refractivity contribution is -0.120. The molecule has 2 fully saturated rings. The number of amides is 1. The Morgan fingerprint density at radius 2 is 1.83 bits per heavy atom. The van der Waals surface area contributed by atoms with Crippen LogP contribution in [0.4, 0.5) is 5.69 Å². The molecule has 0 aromatic heterocycles. The molecule has 4 rings (SSSR count). The average Bonchev–Trinajstić information content (AvgIpc) is 3.08. The maximum atomic E-state index is 11.5. The SMILES string of the molecule is CC(=O)NC1(C)CCN(Cc2cccc(-c3ccc(N4CCOCC4)cc3)c2)C1. The molecule has 1 amide bonds. The summed E-state index contributed by atoms with van der Waals surface area (Å²) in [7, 11) is 0.